The third-order valence-corrected chi connectivity index (χ3v) is 8.98. The molecule has 2 heterocycles. The van der Waals surface area contributed by atoms with Gasteiger partial charge in [-0.2, -0.15) is 9.97 Å². The summed E-state index contributed by atoms with van der Waals surface area (Å²) in [4.78, 5) is 17.4. The van der Waals surface area contributed by atoms with E-state index in [1.54, 1.807) is 0 Å². The Bertz CT molecular complexity index is 1870. The van der Waals surface area contributed by atoms with Gasteiger partial charge in [0, 0.05) is 31.1 Å². The molecule has 0 N–H and O–H groups in total. The number of halogens is 2. The maximum Gasteiger partial charge on any atom is 0.238 e. The summed E-state index contributed by atoms with van der Waals surface area (Å²) < 4.78 is 2.07. The van der Waals surface area contributed by atoms with Gasteiger partial charge in [-0.1, -0.05) is 137 Å². The van der Waals surface area contributed by atoms with E-state index in [9.17, 15) is 0 Å². The van der Waals surface area contributed by atoms with Crippen LogP contribution in [0.1, 0.15) is 25.0 Å². The summed E-state index contributed by atoms with van der Waals surface area (Å²) in [5.74, 6) is 1.83. The van der Waals surface area contributed by atoms with E-state index in [1.165, 1.54) is 11.1 Å². The molecule has 5 aromatic carbocycles. The molecule has 1 aliphatic rings. The van der Waals surface area contributed by atoms with Crippen LogP contribution in [0.4, 0.5) is 17.3 Å². The molecule has 0 saturated carbocycles. The first-order chi connectivity index (χ1) is 20.4. The van der Waals surface area contributed by atoms with Crippen molar-refractivity contribution < 1.29 is 0 Å². The monoisotopic (exact) mass is 672 g/mol. The summed E-state index contributed by atoms with van der Waals surface area (Å²) in [5, 5.41) is 0. The average molecular weight is 674 g/mol. The lowest BCUT2D eigenvalue weighted by Gasteiger charge is -2.42. The van der Waals surface area contributed by atoms with Crippen molar-refractivity contribution in [1.82, 2.24) is 15.0 Å². The summed E-state index contributed by atoms with van der Waals surface area (Å²) >= 11 is 7.66. The highest BCUT2D eigenvalue weighted by molar-refractivity contribution is 9.10. The smallest absolute Gasteiger partial charge is 0.238 e. The number of benzene rings is 5. The van der Waals surface area contributed by atoms with Crippen LogP contribution in [-0.2, 0) is 5.41 Å². The molecule has 1 aromatic heterocycles. The fraction of sp³-hybridized carbons (Fsp3) is 0.0833. The molecule has 204 valence electrons. The minimum Gasteiger partial charge on any atom is -0.278 e. The number of nitrogens with zero attached hydrogens (tertiary/aromatic N) is 4. The molecule has 0 radical (unpaired) electrons. The lowest BCUT2D eigenvalue weighted by Crippen LogP contribution is -2.32. The van der Waals surface area contributed by atoms with E-state index in [0.29, 0.717) is 17.6 Å². The minimum absolute atomic E-state index is 0.322. The van der Waals surface area contributed by atoms with E-state index in [0.717, 1.165) is 42.6 Å². The molecule has 0 bridgehead atoms. The average Bonchev–Trinajstić information content (AvgIpc) is 3.03. The molecule has 0 saturated heterocycles. The third kappa shape index (κ3) is 4.55. The first kappa shape index (κ1) is 26.7. The molecular weight excluding hydrogens is 648 g/mol. The quantitative estimate of drug-likeness (QED) is 0.187. The number of anilines is 3. The molecule has 0 fully saturated rings. The first-order valence-electron chi connectivity index (χ1n) is 13.8. The van der Waals surface area contributed by atoms with E-state index in [2.05, 4.69) is 111 Å². The lowest BCUT2D eigenvalue weighted by atomic mass is 9.71. The molecule has 6 aromatic rings. The molecule has 0 unspecified atom stereocenters. The molecule has 0 amide bonds. The molecule has 42 heavy (non-hydrogen) atoms. The van der Waals surface area contributed by atoms with Crippen LogP contribution < -0.4 is 4.90 Å². The zero-order valence-electron chi connectivity index (χ0n) is 23.1. The molecule has 6 heteroatoms. The van der Waals surface area contributed by atoms with Crippen molar-refractivity contribution in [2.24, 2.45) is 0 Å². The van der Waals surface area contributed by atoms with Gasteiger partial charge in [-0.3, -0.25) is 4.90 Å². The van der Waals surface area contributed by atoms with Gasteiger partial charge in [0.1, 0.15) is 0 Å². The summed E-state index contributed by atoms with van der Waals surface area (Å²) in [6, 6.07) is 41.5. The van der Waals surface area contributed by atoms with Gasteiger partial charge in [-0.15, -0.1) is 0 Å². The van der Waals surface area contributed by atoms with Crippen molar-refractivity contribution in [3.63, 3.8) is 0 Å². The minimum atomic E-state index is -0.322. The molecule has 4 nitrogen and oxygen atoms in total. The van der Waals surface area contributed by atoms with Gasteiger partial charge in [0.15, 0.2) is 11.6 Å². The SMILES string of the molecule is CC1(C)c2cc(Br)ccc2N(c2nc(-c3ccccc3)nc(-c3ccccc3)n2)c2ccc(Br)c(-c3ccccc3)c21. The van der Waals surface area contributed by atoms with Crippen molar-refractivity contribution >= 4 is 49.2 Å². The normalized spacial score (nSPS) is 13.4. The fourth-order valence-electron chi connectivity index (χ4n) is 5.85. The fourth-order valence-corrected chi connectivity index (χ4v) is 6.77. The molecule has 1 aliphatic heterocycles. The Kier molecular flexibility index (Phi) is 6.76. The van der Waals surface area contributed by atoms with Gasteiger partial charge in [-0.05, 0) is 47.0 Å². The molecular formula is C36H26Br2N4. The zero-order chi connectivity index (χ0) is 28.8. The Hall–Kier alpha value is -4.13. The van der Waals surface area contributed by atoms with E-state index in [1.807, 2.05) is 60.7 Å². The largest absolute Gasteiger partial charge is 0.278 e. The van der Waals surface area contributed by atoms with Crippen LogP contribution >= 0.6 is 31.9 Å². The number of fused-ring (bicyclic) bond motifs is 2. The van der Waals surface area contributed by atoms with Crippen molar-refractivity contribution in [3.05, 3.63) is 141 Å². The van der Waals surface area contributed by atoms with Crippen LogP contribution in [0.5, 0.6) is 0 Å². The number of rotatable bonds is 4. The number of hydrogen-bond acceptors (Lipinski definition) is 4. The van der Waals surface area contributed by atoms with Gasteiger partial charge >= 0.3 is 0 Å². The number of hydrogen-bond donors (Lipinski definition) is 0. The molecule has 0 spiro atoms. The molecule has 7 rings (SSSR count). The van der Waals surface area contributed by atoms with E-state index in [-0.39, 0.29) is 5.41 Å². The number of aromatic nitrogens is 3. The summed E-state index contributed by atoms with van der Waals surface area (Å²) in [6.07, 6.45) is 0. The second-order valence-electron chi connectivity index (χ2n) is 10.8. The van der Waals surface area contributed by atoms with Crippen LogP contribution in [0.15, 0.2) is 130 Å². The Morgan fingerprint density at radius 2 is 1.10 bits per heavy atom. The second kappa shape index (κ2) is 10.6. The van der Waals surface area contributed by atoms with Crippen LogP contribution in [0, 0.1) is 0 Å². The van der Waals surface area contributed by atoms with Crippen molar-refractivity contribution in [3.8, 4) is 33.9 Å². The lowest BCUT2D eigenvalue weighted by molar-refractivity contribution is 0.631. The maximum absolute atomic E-state index is 5.13. The Balaban J connectivity index is 1.56. The maximum atomic E-state index is 5.13. The predicted octanol–water partition coefficient (Wildman–Crippen LogP) is 10.5. The van der Waals surface area contributed by atoms with Crippen molar-refractivity contribution in [2.75, 3.05) is 4.90 Å². The Morgan fingerprint density at radius 1 is 0.571 bits per heavy atom. The van der Waals surface area contributed by atoms with Gasteiger partial charge in [0.25, 0.3) is 0 Å². The molecule has 0 atom stereocenters. The Morgan fingerprint density at radius 3 is 1.67 bits per heavy atom. The topological polar surface area (TPSA) is 41.9 Å². The summed E-state index contributed by atoms with van der Waals surface area (Å²) in [5.41, 5.74) is 8.34. The van der Waals surface area contributed by atoms with Crippen LogP contribution in [0.2, 0.25) is 0 Å². The molecule has 0 aliphatic carbocycles. The standard InChI is InChI=1S/C36H26Br2N4/c1-36(2)27-22-26(37)18-20-29(27)42(30-21-19-28(38)31(32(30)36)23-12-6-3-7-13-23)35-40-33(24-14-8-4-9-15-24)39-34(41-35)25-16-10-5-11-17-25/h3-22H,1-2H3. The van der Waals surface area contributed by atoms with Crippen LogP contribution in [0.3, 0.4) is 0 Å². The highest BCUT2D eigenvalue weighted by atomic mass is 79.9. The highest BCUT2D eigenvalue weighted by Crippen LogP contribution is 2.56. The summed E-state index contributed by atoms with van der Waals surface area (Å²) in [6.45, 7) is 4.59. The van der Waals surface area contributed by atoms with Gasteiger partial charge in [-0.25, -0.2) is 4.98 Å². The van der Waals surface area contributed by atoms with Crippen molar-refractivity contribution in [1.29, 1.82) is 0 Å². The van der Waals surface area contributed by atoms with Gasteiger partial charge in [0.2, 0.25) is 5.95 Å². The second-order valence-corrected chi connectivity index (χ2v) is 12.6. The zero-order valence-corrected chi connectivity index (χ0v) is 26.3. The van der Waals surface area contributed by atoms with Crippen molar-refractivity contribution in [2.45, 2.75) is 19.3 Å². The van der Waals surface area contributed by atoms with Gasteiger partial charge in [0.05, 0.1) is 11.4 Å². The van der Waals surface area contributed by atoms with E-state index < -0.39 is 0 Å². The van der Waals surface area contributed by atoms with Crippen LogP contribution in [0.25, 0.3) is 33.9 Å². The van der Waals surface area contributed by atoms with Crippen LogP contribution in [-0.4, -0.2) is 15.0 Å². The predicted molar refractivity (Wildman–Crippen MR) is 178 cm³/mol. The Labute approximate surface area is 262 Å². The van der Waals surface area contributed by atoms with E-state index >= 15 is 0 Å². The first-order valence-corrected chi connectivity index (χ1v) is 15.4. The summed E-state index contributed by atoms with van der Waals surface area (Å²) in [7, 11) is 0. The highest BCUT2D eigenvalue weighted by Gasteiger charge is 2.40. The van der Waals surface area contributed by atoms with Gasteiger partial charge < -0.3 is 0 Å². The van der Waals surface area contributed by atoms with E-state index in [4.69, 9.17) is 15.0 Å². The third-order valence-electron chi connectivity index (χ3n) is 7.82.